The summed E-state index contributed by atoms with van der Waals surface area (Å²) >= 11 is 0. The van der Waals surface area contributed by atoms with Crippen LogP contribution in [0.1, 0.15) is 20.8 Å². The second kappa shape index (κ2) is 5.10. The quantitative estimate of drug-likeness (QED) is 0.392. The molecule has 6 heteroatoms. The summed E-state index contributed by atoms with van der Waals surface area (Å²) in [4.78, 5) is 43.6. The van der Waals surface area contributed by atoms with E-state index in [4.69, 9.17) is 4.42 Å². The molecule has 124 valence electrons. The molecule has 0 saturated heterocycles. The molecular weight excluding hydrogens is 332 g/mol. The third kappa shape index (κ3) is 1.81. The normalized spacial score (nSPS) is 13.6. The number of carbonyl (C=O) groups is 2. The number of aromatic nitrogens is 1. The Bertz CT molecular complexity index is 1290. The summed E-state index contributed by atoms with van der Waals surface area (Å²) in [5, 5.41) is 0.581. The van der Waals surface area contributed by atoms with Crippen molar-refractivity contribution in [3.05, 3.63) is 82.3 Å². The Morgan fingerprint density at radius 1 is 0.808 bits per heavy atom. The zero-order valence-electron chi connectivity index (χ0n) is 13.3. The van der Waals surface area contributed by atoms with Gasteiger partial charge in [0.25, 0.3) is 11.8 Å². The monoisotopic (exact) mass is 342 g/mol. The van der Waals surface area contributed by atoms with Crippen molar-refractivity contribution < 1.29 is 14.0 Å². The fourth-order valence-corrected chi connectivity index (χ4v) is 3.24. The number of hydrogen-bond donors (Lipinski definition) is 0. The lowest BCUT2D eigenvalue weighted by Gasteiger charge is -2.12. The Hall–Kier alpha value is -3.80. The molecule has 0 fully saturated rings. The van der Waals surface area contributed by atoms with Crippen molar-refractivity contribution >= 4 is 39.4 Å². The number of nitrogens with zero attached hydrogens (tertiary/aromatic N) is 2. The van der Waals surface area contributed by atoms with Crippen LogP contribution >= 0.6 is 0 Å². The lowest BCUT2D eigenvalue weighted by molar-refractivity contribution is 0.0925. The predicted octanol–water partition coefficient (Wildman–Crippen LogP) is 3.14. The third-order valence-corrected chi connectivity index (χ3v) is 4.46. The summed E-state index contributed by atoms with van der Waals surface area (Å²) < 4.78 is 5.83. The van der Waals surface area contributed by atoms with Gasteiger partial charge < -0.3 is 4.42 Å². The van der Waals surface area contributed by atoms with Crippen molar-refractivity contribution in [2.75, 3.05) is 4.90 Å². The van der Waals surface area contributed by atoms with Crippen LogP contribution in [-0.2, 0) is 0 Å². The Morgan fingerprint density at radius 3 is 2.35 bits per heavy atom. The maximum absolute atomic E-state index is 13.0. The van der Waals surface area contributed by atoms with Crippen LogP contribution in [0.5, 0.6) is 0 Å². The van der Waals surface area contributed by atoms with Crippen LogP contribution in [0.15, 0.2) is 70.0 Å². The van der Waals surface area contributed by atoms with Gasteiger partial charge in [0.1, 0.15) is 16.8 Å². The number of hydrogen-bond acceptors (Lipinski definition) is 5. The van der Waals surface area contributed by atoms with Gasteiger partial charge in [0.15, 0.2) is 5.58 Å². The standard InChI is InChI=1S/C20H10N2O4/c23-17-12-8-4-5-9-14(12)26-18-13(17)10-21-16-15(18)19(24)22(20(16)25)11-6-2-1-3-7-11/h1-10H. The first-order valence-corrected chi connectivity index (χ1v) is 7.95. The molecule has 1 aliphatic rings. The van der Waals surface area contributed by atoms with Crippen LogP contribution in [0.25, 0.3) is 21.9 Å². The molecule has 0 N–H and O–H groups in total. The molecule has 1 aliphatic heterocycles. The van der Waals surface area contributed by atoms with Crippen LogP contribution in [0, 0.1) is 0 Å². The van der Waals surface area contributed by atoms with Crippen molar-refractivity contribution in [2.24, 2.45) is 0 Å². The van der Waals surface area contributed by atoms with Crippen LogP contribution in [0.2, 0.25) is 0 Å². The second-order valence-corrected chi connectivity index (χ2v) is 5.93. The highest BCUT2D eigenvalue weighted by atomic mass is 16.3. The van der Waals surface area contributed by atoms with Gasteiger partial charge in [-0.25, -0.2) is 9.88 Å². The number of rotatable bonds is 1. The number of fused-ring (bicyclic) bond motifs is 4. The number of imide groups is 1. The van der Waals surface area contributed by atoms with Crippen molar-refractivity contribution in [3.8, 4) is 0 Å². The molecule has 0 aliphatic carbocycles. The number of amides is 2. The number of pyridine rings is 1. The molecule has 0 unspecified atom stereocenters. The summed E-state index contributed by atoms with van der Waals surface area (Å²) in [5.74, 6) is -1.08. The molecule has 4 aromatic rings. The lowest BCUT2D eigenvalue weighted by Crippen LogP contribution is -2.29. The average molecular weight is 342 g/mol. The van der Waals surface area contributed by atoms with E-state index in [1.54, 1.807) is 54.6 Å². The minimum Gasteiger partial charge on any atom is -0.455 e. The van der Waals surface area contributed by atoms with Crippen LogP contribution < -0.4 is 10.3 Å². The Kier molecular flexibility index (Phi) is 2.85. The molecule has 5 rings (SSSR count). The van der Waals surface area contributed by atoms with Crippen LogP contribution in [0.4, 0.5) is 5.69 Å². The maximum atomic E-state index is 13.0. The van der Waals surface area contributed by atoms with Gasteiger partial charge >= 0.3 is 0 Å². The largest absolute Gasteiger partial charge is 0.455 e. The fourth-order valence-electron chi connectivity index (χ4n) is 3.24. The van der Waals surface area contributed by atoms with E-state index in [-0.39, 0.29) is 27.7 Å². The van der Waals surface area contributed by atoms with Gasteiger partial charge in [0.05, 0.1) is 16.5 Å². The van der Waals surface area contributed by atoms with Crippen molar-refractivity contribution in [2.45, 2.75) is 0 Å². The molecular formula is C20H10N2O4. The van der Waals surface area contributed by atoms with E-state index >= 15 is 0 Å². The fraction of sp³-hybridized carbons (Fsp3) is 0. The van der Waals surface area contributed by atoms with Gasteiger partial charge in [-0.1, -0.05) is 30.3 Å². The molecule has 2 amide bonds. The van der Waals surface area contributed by atoms with E-state index in [1.807, 2.05) is 0 Å². The molecule has 3 heterocycles. The van der Waals surface area contributed by atoms with Gasteiger partial charge in [-0.2, -0.15) is 0 Å². The van der Waals surface area contributed by atoms with Crippen molar-refractivity contribution in [1.82, 2.24) is 4.98 Å². The van der Waals surface area contributed by atoms with E-state index in [0.717, 1.165) is 4.90 Å². The van der Waals surface area contributed by atoms with E-state index in [1.165, 1.54) is 6.20 Å². The Balaban J connectivity index is 1.84. The van der Waals surface area contributed by atoms with E-state index in [9.17, 15) is 14.4 Å². The highest BCUT2D eigenvalue weighted by molar-refractivity contribution is 6.36. The molecule has 0 bridgehead atoms. The first-order valence-electron chi connectivity index (χ1n) is 7.95. The molecule has 2 aromatic heterocycles. The average Bonchev–Trinajstić information content (AvgIpc) is 2.93. The maximum Gasteiger partial charge on any atom is 0.284 e. The van der Waals surface area contributed by atoms with Gasteiger partial charge in [0.2, 0.25) is 5.43 Å². The zero-order valence-corrected chi connectivity index (χ0v) is 13.3. The summed E-state index contributed by atoms with van der Waals surface area (Å²) in [5.41, 5.74) is 0.628. The highest BCUT2D eigenvalue weighted by Gasteiger charge is 2.40. The number of benzene rings is 2. The molecule has 0 radical (unpaired) electrons. The molecule has 0 atom stereocenters. The van der Waals surface area contributed by atoms with E-state index < -0.39 is 11.8 Å². The first-order chi connectivity index (χ1) is 12.7. The SMILES string of the molecule is O=C1c2ncc3c(=O)c4ccccc4oc3c2C(=O)N1c1ccccc1. The molecule has 0 saturated carbocycles. The summed E-state index contributed by atoms with van der Waals surface area (Å²) in [6, 6.07) is 15.4. The molecule has 0 spiro atoms. The molecule has 2 aromatic carbocycles. The Labute approximate surface area is 146 Å². The van der Waals surface area contributed by atoms with Crippen molar-refractivity contribution in [3.63, 3.8) is 0 Å². The topological polar surface area (TPSA) is 80.5 Å². The number of carbonyl (C=O) groups excluding carboxylic acids is 2. The van der Waals surface area contributed by atoms with Gasteiger partial charge in [-0.3, -0.25) is 14.4 Å². The number of anilines is 1. The molecule has 26 heavy (non-hydrogen) atoms. The summed E-state index contributed by atoms with van der Waals surface area (Å²) in [6.45, 7) is 0. The van der Waals surface area contributed by atoms with Gasteiger partial charge in [-0.15, -0.1) is 0 Å². The summed E-state index contributed by atoms with van der Waals surface area (Å²) in [6.07, 6.45) is 1.30. The summed E-state index contributed by atoms with van der Waals surface area (Å²) in [7, 11) is 0. The smallest absolute Gasteiger partial charge is 0.284 e. The van der Waals surface area contributed by atoms with Crippen LogP contribution in [0.3, 0.4) is 0 Å². The van der Waals surface area contributed by atoms with Crippen LogP contribution in [-0.4, -0.2) is 16.8 Å². The minimum atomic E-state index is -0.548. The Morgan fingerprint density at radius 2 is 1.54 bits per heavy atom. The van der Waals surface area contributed by atoms with E-state index in [2.05, 4.69) is 4.98 Å². The van der Waals surface area contributed by atoms with Crippen molar-refractivity contribution in [1.29, 1.82) is 0 Å². The van der Waals surface area contributed by atoms with Gasteiger partial charge in [-0.05, 0) is 24.3 Å². The highest BCUT2D eigenvalue weighted by Crippen LogP contribution is 2.32. The number of para-hydroxylation sites is 2. The zero-order chi connectivity index (χ0) is 17.8. The van der Waals surface area contributed by atoms with E-state index in [0.29, 0.717) is 16.7 Å². The van der Waals surface area contributed by atoms with Gasteiger partial charge in [0, 0.05) is 6.20 Å². The first kappa shape index (κ1) is 14.5. The lowest BCUT2D eigenvalue weighted by atomic mass is 10.1. The minimum absolute atomic E-state index is 0.00946. The molecule has 6 nitrogen and oxygen atoms in total. The predicted molar refractivity (Wildman–Crippen MR) is 95.4 cm³/mol. The second-order valence-electron chi connectivity index (χ2n) is 5.93. The third-order valence-electron chi connectivity index (χ3n) is 4.46.